The van der Waals surface area contributed by atoms with E-state index in [0.717, 1.165) is 22.3 Å². The smallest absolute Gasteiger partial charge is 0.363 e. The van der Waals surface area contributed by atoms with Gasteiger partial charge >= 0.3 is 5.97 Å². The van der Waals surface area contributed by atoms with Crippen molar-refractivity contribution in [2.75, 3.05) is 6.54 Å². The van der Waals surface area contributed by atoms with Gasteiger partial charge in [-0.2, -0.15) is 4.99 Å². The number of quaternary nitrogens is 1. The molecule has 0 bridgehead atoms. The Balaban J connectivity index is 2.30. The van der Waals surface area contributed by atoms with Crippen LogP contribution in [0.3, 0.4) is 0 Å². The van der Waals surface area contributed by atoms with Crippen LogP contribution < -0.4 is 4.48 Å². The molecule has 22 heavy (non-hydrogen) atoms. The van der Waals surface area contributed by atoms with Crippen molar-refractivity contribution in [2.45, 2.75) is 26.8 Å². The van der Waals surface area contributed by atoms with E-state index in [2.05, 4.69) is 23.8 Å². The van der Waals surface area contributed by atoms with Crippen LogP contribution in [0.2, 0.25) is 0 Å². The number of aliphatic carboxylic acids is 1. The molecular formula is C17H20N3O2+. The molecule has 2 atom stereocenters. The van der Waals surface area contributed by atoms with Crippen LogP contribution in [-0.2, 0) is 4.79 Å². The second kappa shape index (κ2) is 5.18. The van der Waals surface area contributed by atoms with E-state index in [0.29, 0.717) is 12.5 Å². The fourth-order valence-corrected chi connectivity index (χ4v) is 3.26. The van der Waals surface area contributed by atoms with Gasteiger partial charge in [0.25, 0.3) is 0 Å². The molecule has 114 valence electrons. The van der Waals surface area contributed by atoms with Crippen LogP contribution in [0.4, 0.5) is 11.4 Å². The first-order chi connectivity index (χ1) is 10.5. The summed E-state index contributed by atoms with van der Waals surface area (Å²) in [4.78, 5) is 20.6. The van der Waals surface area contributed by atoms with Gasteiger partial charge in [-0.25, -0.2) is 9.28 Å². The molecule has 0 spiro atoms. The minimum Gasteiger partial charge on any atom is -0.477 e. The van der Waals surface area contributed by atoms with Crippen molar-refractivity contribution < 1.29 is 9.90 Å². The van der Waals surface area contributed by atoms with Crippen molar-refractivity contribution in [1.29, 1.82) is 0 Å². The third kappa shape index (κ3) is 2.09. The molecule has 1 aromatic carbocycles. The molecule has 0 aliphatic carbocycles. The second-order valence-corrected chi connectivity index (χ2v) is 6.27. The van der Waals surface area contributed by atoms with Crippen LogP contribution in [0.1, 0.15) is 20.8 Å². The topological polar surface area (TPSA) is 62.5 Å². The quantitative estimate of drug-likeness (QED) is 0.880. The maximum atomic E-state index is 11.7. The molecule has 5 nitrogen and oxygen atoms in total. The first-order valence-electron chi connectivity index (χ1n) is 7.49. The Hall–Kier alpha value is -2.27. The van der Waals surface area contributed by atoms with Crippen LogP contribution in [0.15, 0.2) is 35.5 Å². The van der Waals surface area contributed by atoms with Crippen molar-refractivity contribution in [1.82, 2.24) is 9.47 Å². The van der Waals surface area contributed by atoms with E-state index in [9.17, 15) is 9.90 Å². The predicted octanol–water partition coefficient (Wildman–Crippen LogP) is 3.34. The number of hydrogen-bond donors (Lipinski definition) is 1. The van der Waals surface area contributed by atoms with Crippen molar-refractivity contribution >= 4 is 34.6 Å². The largest absolute Gasteiger partial charge is 0.477 e. The van der Waals surface area contributed by atoms with E-state index in [1.807, 2.05) is 24.3 Å². The molecule has 0 amide bonds. The summed E-state index contributed by atoms with van der Waals surface area (Å²) in [5, 5.41) is 10.6. The number of benzene rings is 1. The van der Waals surface area contributed by atoms with Gasteiger partial charge in [0.1, 0.15) is 5.69 Å². The molecule has 2 aromatic rings. The molecule has 1 aliphatic rings. The monoisotopic (exact) mass is 298 g/mol. The van der Waals surface area contributed by atoms with Gasteiger partial charge in [0.05, 0.1) is 23.6 Å². The highest BCUT2D eigenvalue weighted by molar-refractivity contribution is 6.05. The van der Waals surface area contributed by atoms with Crippen LogP contribution in [-0.4, -0.2) is 35.0 Å². The summed E-state index contributed by atoms with van der Waals surface area (Å²) in [5.41, 5.74) is 2.59. The normalized spacial score (nSPS) is 21.3. The number of nitrogens with zero attached hydrogens (tertiary/aromatic N) is 3. The number of carboxylic acid groups (broad SMARTS) is 1. The average Bonchev–Trinajstić information content (AvgIpc) is 2.86. The zero-order valence-corrected chi connectivity index (χ0v) is 13.0. The van der Waals surface area contributed by atoms with Gasteiger partial charge in [0, 0.05) is 5.92 Å². The zero-order valence-electron chi connectivity index (χ0n) is 13.0. The summed E-state index contributed by atoms with van der Waals surface area (Å²) in [5.74, 6) is -0.480. The van der Waals surface area contributed by atoms with Gasteiger partial charge in [-0.05, 0) is 19.1 Å². The number of aliphatic imine (C=N–C) groups is 1. The average molecular weight is 298 g/mol. The molecule has 2 unspecified atom stereocenters. The van der Waals surface area contributed by atoms with Crippen LogP contribution in [0, 0.1) is 5.92 Å². The molecule has 5 heteroatoms. The Morgan fingerprint density at radius 1 is 1.27 bits per heavy atom. The molecule has 0 radical (unpaired) electrons. The molecule has 1 aromatic heterocycles. The van der Waals surface area contributed by atoms with Gasteiger partial charge in [-0.1, -0.05) is 26.0 Å². The molecule has 0 saturated carbocycles. The van der Waals surface area contributed by atoms with Gasteiger partial charge in [0.15, 0.2) is 18.1 Å². The SMILES string of the molecule is CC(C)C[N+]1(C(C)C(=O)O)C=Nc2cnc3ccccc3c21. The lowest BCUT2D eigenvalue weighted by Crippen LogP contribution is -2.58. The summed E-state index contributed by atoms with van der Waals surface area (Å²) in [6, 6.07) is 7.24. The number of aromatic nitrogens is 1. The number of para-hydroxylation sites is 1. The van der Waals surface area contributed by atoms with E-state index in [1.54, 1.807) is 19.5 Å². The fraction of sp³-hybridized carbons (Fsp3) is 0.353. The lowest BCUT2D eigenvalue weighted by Gasteiger charge is -2.36. The van der Waals surface area contributed by atoms with Crippen molar-refractivity contribution in [3.63, 3.8) is 0 Å². The predicted molar refractivity (Wildman–Crippen MR) is 88.5 cm³/mol. The van der Waals surface area contributed by atoms with Gasteiger partial charge in [0.2, 0.25) is 0 Å². The summed E-state index contributed by atoms with van der Waals surface area (Å²) in [6.45, 7) is 6.65. The van der Waals surface area contributed by atoms with Crippen molar-refractivity contribution in [2.24, 2.45) is 10.9 Å². The summed E-state index contributed by atoms with van der Waals surface area (Å²) in [6.07, 6.45) is 3.51. The highest BCUT2D eigenvalue weighted by Gasteiger charge is 2.46. The molecule has 3 rings (SSSR count). The van der Waals surface area contributed by atoms with E-state index >= 15 is 0 Å². The first-order valence-corrected chi connectivity index (χ1v) is 7.49. The maximum Gasteiger partial charge on any atom is 0.363 e. The van der Waals surface area contributed by atoms with Crippen LogP contribution in [0.5, 0.6) is 0 Å². The number of fused-ring (bicyclic) bond motifs is 3. The molecule has 1 aliphatic heterocycles. The second-order valence-electron chi connectivity index (χ2n) is 6.27. The lowest BCUT2D eigenvalue weighted by atomic mass is 10.0. The Morgan fingerprint density at radius 2 is 2.00 bits per heavy atom. The summed E-state index contributed by atoms with van der Waals surface area (Å²) < 4.78 is 0.241. The molecular weight excluding hydrogens is 278 g/mol. The minimum absolute atomic E-state index is 0.241. The standard InChI is InChI=1S/C17H19N3O2/c1-11(2)9-20(12(3)17(21)22)10-19-15-8-18-14-7-5-4-6-13(14)16(15)20/h4-8,10-12H,9H2,1-3H3/p+1. The number of carboxylic acids is 1. The highest BCUT2D eigenvalue weighted by atomic mass is 16.4. The Bertz CT molecular complexity index is 770. The van der Waals surface area contributed by atoms with Gasteiger partial charge in [-0.3, -0.25) is 4.98 Å². The summed E-state index contributed by atoms with van der Waals surface area (Å²) in [7, 11) is 0. The number of pyridine rings is 1. The maximum absolute atomic E-state index is 11.7. The van der Waals surface area contributed by atoms with E-state index in [-0.39, 0.29) is 4.48 Å². The van der Waals surface area contributed by atoms with Gasteiger partial charge in [-0.15, -0.1) is 0 Å². The Kier molecular flexibility index (Phi) is 3.45. The van der Waals surface area contributed by atoms with Crippen LogP contribution in [0.25, 0.3) is 10.9 Å². The number of hydrogen-bond acceptors (Lipinski definition) is 3. The highest BCUT2D eigenvalue weighted by Crippen LogP contribution is 2.44. The Morgan fingerprint density at radius 3 is 2.68 bits per heavy atom. The number of rotatable bonds is 4. The first kappa shape index (κ1) is 14.7. The molecule has 1 N–H and O–H groups in total. The fourth-order valence-electron chi connectivity index (χ4n) is 3.26. The van der Waals surface area contributed by atoms with Gasteiger partial charge < -0.3 is 5.11 Å². The minimum atomic E-state index is -0.819. The molecule has 2 heterocycles. The number of carbonyl (C=O) groups is 1. The van der Waals surface area contributed by atoms with Crippen molar-refractivity contribution in [3.05, 3.63) is 30.5 Å². The van der Waals surface area contributed by atoms with E-state index in [1.165, 1.54) is 0 Å². The Labute approximate surface area is 129 Å². The third-order valence-corrected chi connectivity index (χ3v) is 4.26. The van der Waals surface area contributed by atoms with Crippen LogP contribution >= 0.6 is 0 Å². The van der Waals surface area contributed by atoms with Crippen molar-refractivity contribution in [3.8, 4) is 0 Å². The summed E-state index contributed by atoms with van der Waals surface area (Å²) >= 11 is 0. The zero-order chi connectivity index (χ0) is 15.9. The molecule has 0 fully saturated rings. The van der Waals surface area contributed by atoms with E-state index < -0.39 is 12.0 Å². The van der Waals surface area contributed by atoms with E-state index in [4.69, 9.17) is 0 Å². The lowest BCUT2D eigenvalue weighted by molar-refractivity contribution is -0.140. The third-order valence-electron chi connectivity index (χ3n) is 4.26. The molecule has 0 saturated heterocycles.